The third-order valence-electron chi connectivity index (χ3n) is 3.49. The maximum Gasteiger partial charge on any atom is 0.233 e. The quantitative estimate of drug-likeness (QED) is 0.864. The number of carbonyl (C=O) groups excluding carboxylic acids is 1. The molecule has 1 aliphatic heterocycles. The maximum absolute atomic E-state index is 12.1. The Balaban J connectivity index is 1.70. The van der Waals surface area contributed by atoms with Crippen molar-refractivity contribution < 1.29 is 4.79 Å². The highest BCUT2D eigenvalue weighted by atomic mass is 35.5. The summed E-state index contributed by atoms with van der Waals surface area (Å²) in [6.45, 7) is 0.715. The van der Waals surface area contributed by atoms with E-state index < -0.39 is 0 Å². The summed E-state index contributed by atoms with van der Waals surface area (Å²) in [5.74, 6) is 0.739. The van der Waals surface area contributed by atoms with Crippen LogP contribution in [-0.2, 0) is 11.2 Å². The molecule has 3 nitrogen and oxygen atoms in total. The van der Waals surface area contributed by atoms with E-state index in [0.29, 0.717) is 12.3 Å². The lowest BCUT2D eigenvalue weighted by molar-refractivity contribution is -0.128. The van der Waals surface area contributed by atoms with Crippen molar-refractivity contribution in [2.24, 2.45) is 0 Å². The second kappa shape index (κ2) is 6.50. The smallest absolute Gasteiger partial charge is 0.233 e. The monoisotopic (exact) mass is 318 g/mol. The number of hydrogen-bond donors (Lipinski definition) is 0. The Labute approximate surface area is 133 Å². The molecule has 1 aliphatic rings. The summed E-state index contributed by atoms with van der Waals surface area (Å²) >= 11 is 7.56. The summed E-state index contributed by atoms with van der Waals surface area (Å²) in [7, 11) is 0. The molecular weight excluding hydrogens is 304 g/mol. The van der Waals surface area contributed by atoms with Crippen molar-refractivity contribution in [1.29, 1.82) is 0 Å². The molecule has 1 amide bonds. The van der Waals surface area contributed by atoms with Crippen LogP contribution in [0.15, 0.2) is 48.8 Å². The minimum absolute atomic E-state index is 0.0819. The molecule has 3 rings (SSSR count). The molecule has 1 atom stereocenters. The van der Waals surface area contributed by atoms with Gasteiger partial charge in [-0.2, -0.15) is 0 Å². The van der Waals surface area contributed by atoms with Gasteiger partial charge in [-0.05, 0) is 30.2 Å². The fraction of sp³-hybridized carbons (Fsp3) is 0.250. The molecule has 0 saturated carbocycles. The highest BCUT2D eigenvalue weighted by Crippen LogP contribution is 2.38. The first kappa shape index (κ1) is 14.4. The molecule has 1 saturated heterocycles. The first-order valence-electron chi connectivity index (χ1n) is 6.79. The van der Waals surface area contributed by atoms with Gasteiger partial charge >= 0.3 is 0 Å². The molecule has 2 aromatic rings. The summed E-state index contributed by atoms with van der Waals surface area (Å²) in [5.41, 5.74) is 2.28. The van der Waals surface area contributed by atoms with E-state index in [-0.39, 0.29) is 11.3 Å². The van der Waals surface area contributed by atoms with Crippen LogP contribution in [0.3, 0.4) is 0 Å². The third-order valence-corrected chi connectivity index (χ3v) is 5.00. The molecule has 2 heterocycles. The average Bonchev–Trinajstić information content (AvgIpc) is 2.89. The van der Waals surface area contributed by atoms with Gasteiger partial charge in [-0.25, -0.2) is 0 Å². The van der Waals surface area contributed by atoms with E-state index in [1.165, 1.54) is 5.56 Å². The number of thioether (sulfide) groups is 1. The Morgan fingerprint density at radius 3 is 2.81 bits per heavy atom. The van der Waals surface area contributed by atoms with Crippen molar-refractivity contribution in [3.05, 3.63) is 64.9 Å². The van der Waals surface area contributed by atoms with Gasteiger partial charge in [0, 0.05) is 29.5 Å². The van der Waals surface area contributed by atoms with Crippen LogP contribution in [0, 0.1) is 0 Å². The van der Waals surface area contributed by atoms with E-state index >= 15 is 0 Å². The number of aromatic nitrogens is 1. The molecule has 21 heavy (non-hydrogen) atoms. The fourth-order valence-corrected chi connectivity index (χ4v) is 3.72. The Bertz CT molecular complexity index is 618. The summed E-state index contributed by atoms with van der Waals surface area (Å²) in [5, 5.41) is 0.818. The van der Waals surface area contributed by atoms with Crippen molar-refractivity contribution in [1.82, 2.24) is 9.88 Å². The predicted octanol–water partition coefficient (Wildman–Crippen LogP) is 3.55. The van der Waals surface area contributed by atoms with Crippen LogP contribution in [0.5, 0.6) is 0 Å². The van der Waals surface area contributed by atoms with Crippen LogP contribution in [-0.4, -0.2) is 28.1 Å². The number of hydrogen-bond acceptors (Lipinski definition) is 3. The summed E-state index contributed by atoms with van der Waals surface area (Å²) < 4.78 is 0. The SMILES string of the molecule is O=C1CS[C@@H](c2cccnc2)N1CCc1ccc(Cl)cc1. The van der Waals surface area contributed by atoms with Gasteiger partial charge in [-0.15, -0.1) is 11.8 Å². The van der Waals surface area contributed by atoms with E-state index in [1.54, 1.807) is 18.0 Å². The predicted molar refractivity (Wildman–Crippen MR) is 86.3 cm³/mol. The normalized spacial score (nSPS) is 18.2. The Hall–Kier alpha value is -1.52. The first-order valence-corrected chi connectivity index (χ1v) is 8.22. The van der Waals surface area contributed by atoms with E-state index in [0.717, 1.165) is 17.0 Å². The minimum atomic E-state index is 0.0819. The van der Waals surface area contributed by atoms with Gasteiger partial charge in [0.15, 0.2) is 0 Å². The second-order valence-electron chi connectivity index (χ2n) is 4.91. The van der Waals surface area contributed by atoms with Gasteiger partial charge in [-0.3, -0.25) is 9.78 Å². The zero-order valence-electron chi connectivity index (χ0n) is 11.4. The summed E-state index contributed by atoms with van der Waals surface area (Å²) in [6, 6.07) is 11.7. The van der Waals surface area contributed by atoms with Gasteiger partial charge in [0.2, 0.25) is 5.91 Å². The number of nitrogens with zero attached hydrogens (tertiary/aromatic N) is 2. The van der Waals surface area contributed by atoms with Crippen LogP contribution in [0.25, 0.3) is 0 Å². The van der Waals surface area contributed by atoms with Gasteiger partial charge in [0.05, 0.1) is 5.75 Å². The lowest BCUT2D eigenvalue weighted by Crippen LogP contribution is -2.30. The molecule has 1 fully saturated rings. The highest BCUT2D eigenvalue weighted by molar-refractivity contribution is 8.00. The molecule has 0 unspecified atom stereocenters. The molecule has 1 aromatic carbocycles. The molecule has 0 bridgehead atoms. The Morgan fingerprint density at radius 2 is 2.10 bits per heavy atom. The molecule has 0 aliphatic carbocycles. The van der Waals surface area contributed by atoms with Crippen molar-refractivity contribution in [3.63, 3.8) is 0 Å². The van der Waals surface area contributed by atoms with Crippen molar-refractivity contribution >= 4 is 29.3 Å². The summed E-state index contributed by atoms with van der Waals surface area (Å²) in [4.78, 5) is 18.2. The number of amides is 1. The second-order valence-corrected chi connectivity index (χ2v) is 6.42. The van der Waals surface area contributed by atoms with Gasteiger partial charge in [-0.1, -0.05) is 29.8 Å². The molecule has 0 spiro atoms. The minimum Gasteiger partial charge on any atom is -0.325 e. The molecule has 0 N–H and O–H groups in total. The zero-order valence-corrected chi connectivity index (χ0v) is 13.0. The van der Waals surface area contributed by atoms with Crippen molar-refractivity contribution in [2.75, 3.05) is 12.3 Å². The molecule has 108 valence electrons. The van der Waals surface area contributed by atoms with E-state index in [4.69, 9.17) is 11.6 Å². The standard InChI is InChI=1S/C16H15ClN2OS/c17-14-5-3-12(4-6-14)7-9-19-15(20)11-21-16(19)13-2-1-8-18-10-13/h1-6,8,10,16H,7,9,11H2/t16-/m0/s1. The number of carbonyl (C=O) groups is 1. The maximum atomic E-state index is 12.1. The number of rotatable bonds is 4. The topological polar surface area (TPSA) is 33.2 Å². The van der Waals surface area contributed by atoms with Gasteiger partial charge < -0.3 is 4.90 Å². The summed E-state index contributed by atoms with van der Waals surface area (Å²) in [6.07, 6.45) is 4.43. The van der Waals surface area contributed by atoms with Crippen molar-refractivity contribution in [2.45, 2.75) is 11.8 Å². The molecule has 0 radical (unpaired) electrons. The van der Waals surface area contributed by atoms with Crippen LogP contribution in [0.1, 0.15) is 16.5 Å². The average molecular weight is 319 g/mol. The van der Waals surface area contributed by atoms with Crippen LogP contribution in [0.2, 0.25) is 5.02 Å². The largest absolute Gasteiger partial charge is 0.325 e. The first-order chi connectivity index (χ1) is 10.2. The van der Waals surface area contributed by atoms with E-state index in [2.05, 4.69) is 4.98 Å². The number of pyridine rings is 1. The Morgan fingerprint density at radius 1 is 1.29 bits per heavy atom. The van der Waals surface area contributed by atoms with Gasteiger partial charge in [0.1, 0.15) is 5.37 Å². The molecule has 1 aromatic heterocycles. The van der Waals surface area contributed by atoms with Crippen LogP contribution < -0.4 is 0 Å². The lowest BCUT2D eigenvalue weighted by Gasteiger charge is -2.24. The number of halogens is 1. The van der Waals surface area contributed by atoms with Crippen LogP contribution >= 0.6 is 23.4 Å². The zero-order chi connectivity index (χ0) is 14.7. The highest BCUT2D eigenvalue weighted by Gasteiger charge is 2.32. The van der Waals surface area contributed by atoms with Crippen LogP contribution in [0.4, 0.5) is 0 Å². The van der Waals surface area contributed by atoms with E-state index in [9.17, 15) is 4.79 Å². The third kappa shape index (κ3) is 3.39. The molecule has 5 heteroatoms. The molecular formula is C16H15ClN2OS. The Kier molecular flexibility index (Phi) is 4.46. The lowest BCUT2D eigenvalue weighted by atomic mass is 10.1. The fourth-order valence-electron chi connectivity index (χ4n) is 2.39. The number of benzene rings is 1. The van der Waals surface area contributed by atoms with Crippen molar-refractivity contribution in [3.8, 4) is 0 Å². The van der Waals surface area contributed by atoms with E-state index in [1.807, 2.05) is 47.5 Å². The van der Waals surface area contributed by atoms with Gasteiger partial charge in [0.25, 0.3) is 0 Å².